The lowest BCUT2D eigenvalue weighted by molar-refractivity contribution is -0.137. The van der Waals surface area contributed by atoms with E-state index in [0.29, 0.717) is 13.2 Å². The minimum absolute atomic E-state index is 0.0255. The summed E-state index contributed by atoms with van der Waals surface area (Å²) < 4.78 is 11.1. The Morgan fingerprint density at radius 2 is 2.41 bits per heavy atom. The van der Waals surface area contributed by atoms with E-state index in [0.717, 1.165) is 43.7 Å². The second kappa shape index (κ2) is 8.90. The number of nitrogens with zero attached hydrogens (tertiary/aromatic N) is 2. The maximum Gasteiger partial charge on any atom is 0.248 e. The summed E-state index contributed by atoms with van der Waals surface area (Å²) in [5.74, 6) is -0.0255. The number of amides is 1. The molecule has 22 heavy (non-hydrogen) atoms. The molecule has 1 saturated heterocycles. The van der Waals surface area contributed by atoms with Crippen molar-refractivity contribution in [1.82, 2.24) is 15.1 Å². The summed E-state index contributed by atoms with van der Waals surface area (Å²) in [7, 11) is 1.78. The molecule has 124 valence electrons. The van der Waals surface area contributed by atoms with Crippen LogP contribution >= 0.6 is 0 Å². The fraction of sp³-hybridized carbons (Fsp3) is 0.750. The Balaban J connectivity index is 1.67. The van der Waals surface area contributed by atoms with Crippen LogP contribution in [0.5, 0.6) is 0 Å². The highest BCUT2D eigenvalue weighted by atomic mass is 16.5. The second-order valence-corrected chi connectivity index (χ2v) is 5.89. The van der Waals surface area contributed by atoms with Crippen molar-refractivity contribution in [3.05, 3.63) is 17.5 Å². The predicted octanol–water partition coefficient (Wildman–Crippen LogP) is 1.91. The van der Waals surface area contributed by atoms with Crippen molar-refractivity contribution in [3.8, 4) is 0 Å². The first-order valence-corrected chi connectivity index (χ1v) is 8.15. The van der Waals surface area contributed by atoms with Gasteiger partial charge in [-0.2, -0.15) is 5.10 Å². The molecule has 1 aliphatic heterocycles. The number of likely N-dealkylation sites (N-methyl/N-ethyl adjacent to an activating group) is 1. The number of carbonyl (C=O) groups is 1. The Labute approximate surface area is 132 Å². The fourth-order valence-corrected chi connectivity index (χ4v) is 2.54. The summed E-state index contributed by atoms with van der Waals surface area (Å²) in [6.45, 7) is 4.06. The molecule has 1 atom stereocenters. The first-order chi connectivity index (χ1) is 10.7. The lowest BCUT2D eigenvalue weighted by Crippen LogP contribution is -2.32. The van der Waals surface area contributed by atoms with Crippen LogP contribution in [0.15, 0.2) is 6.07 Å². The predicted molar refractivity (Wildman–Crippen MR) is 83.5 cm³/mol. The number of rotatable bonds is 8. The van der Waals surface area contributed by atoms with Crippen LogP contribution < -0.4 is 0 Å². The molecule has 0 aliphatic carbocycles. The quantitative estimate of drug-likeness (QED) is 0.796. The third-order valence-electron chi connectivity index (χ3n) is 3.83. The first-order valence-electron chi connectivity index (χ1n) is 8.15. The van der Waals surface area contributed by atoms with E-state index in [9.17, 15) is 4.79 Å². The molecule has 0 radical (unpaired) electrons. The van der Waals surface area contributed by atoms with Crippen molar-refractivity contribution in [2.75, 3.05) is 26.9 Å². The minimum Gasteiger partial charge on any atom is -0.376 e. The maximum absolute atomic E-state index is 12.0. The van der Waals surface area contributed by atoms with Crippen molar-refractivity contribution in [1.29, 1.82) is 0 Å². The Kier molecular flexibility index (Phi) is 6.86. The maximum atomic E-state index is 12.0. The SMILES string of the molecule is CCCc1cc(CN(C)C(=O)COC[C@H]2CCCCO2)[nH]n1. The molecule has 6 nitrogen and oxygen atoms in total. The summed E-state index contributed by atoms with van der Waals surface area (Å²) in [5.41, 5.74) is 2.00. The van der Waals surface area contributed by atoms with Gasteiger partial charge in [0.25, 0.3) is 0 Å². The van der Waals surface area contributed by atoms with Crippen molar-refractivity contribution >= 4 is 5.91 Å². The molecule has 0 spiro atoms. The topological polar surface area (TPSA) is 67.5 Å². The standard InChI is InChI=1S/C16H27N3O3/c1-3-6-13-9-14(18-17-13)10-19(2)16(20)12-21-11-15-7-4-5-8-22-15/h9,15H,3-8,10-12H2,1-2H3,(H,17,18)/t15-/m1/s1. The average Bonchev–Trinajstić information content (AvgIpc) is 2.96. The zero-order chi connectivity index (χ0) is 15.8. The second-order valence-electron chi connectivity index (χ2n) is 5.89. The Hall–Kier alpha value is -1.40. The molecule has 1 N–H and O–H groups in total. The summed E-state index contributed by atoms with van der Waals surface area (Å²) >= 11 is 0. The third kappa shape index (κ3) is 5.42. The molecular formula is C16H27N3O3. The Bertz CT molecular complexity index is 455. The number of nitrogens with one attached hydrogen (secondary N) is 1. The highest BCUT2D eigenvalue weighted by Crippen LogP contribution is 2.12. The van der Waals surface area contributed by atoms with E-state index in [1.54, 1.807) is 11.9 Å². The summed E-state index contributed by atoms with van der Waals surface area (Å²) in [4.78, 5) is 13.7. The van der Waals surface area contributed by atoms with Gasteiger partial charge < -0.3 is 14.4 Å². The third-order valence-corrected chi connectivity index (χ3v) is 3.83. The van der Waals surface area contributed by atoms with Gasteiger partial charge in [-0.25, -0.2) is 0 Å². The van der Waals surface area contributed by atoms with Crippen LogP contribution in [-0.2, 0) is 27.2 Å². The van der Waals surface area contributed by atoms with E-state index < -0.39 is 0 Å². The van der Waals surface area contributed by atoms with E-state index in [4.69, 9.17) is 9.47 Å². The molecule has 2 heterocycles. The van der Waals surface area contributed by atoms with Crippen LogP contribution in [0, 0.1) is 0 Å². The van der Waals surface area contributed by atoms with E-state index in [-0.39, 0.29) is 18.6 Å². The zero-order valence-electron chi connectivity index (χ0n) is 13.6. The van der Waals surface area contributed by atoms with Crippen molar-refractivity contribution < 1.29 is 14.3 Å². The van der Waals surface area contributed by atoms with Crippen molar-refractivity contribution in [2.45, 2.75) is 51.7 Å². The van der Waals surface area contributed by atoms with Crippen LogP contribution in [0.2, 0.25) is 0 Å². The highest BCUT2D eigenvalue weighted by Gasteiger charge is 2.16. The molecule has 1 amide bonds. The Morgan fingerprint density at radius 3 is 3.14 bits per heavy atom. The van der Waals surface area contributed by atoms with Crippen LogP contribution in [0.25, 0.3) is 0 Å². The number of hydrogen-bond acceptors (Lipinski definition) is 4. The molecule has 0 unspecified atom stereocenters. The Morgan fingerprint density at radius 1 is 1.55 bits per heavy atom. The molecule has 1 fully saturated rings. The zero-order valence-corrected chi connectivity index (χ0v) is 13.6. The smallest absolute Gasteiger partial charge is 0.248 e. The van der Waals surface area contributed by atoms with Gasteiger partial charge in [0.2, 0.25) is 5.91 Å². The number of aromatic nitrogens is 2. The lowest BCUT2D eigenvalue weighted by Gasteiger charge is -2.23. The van der Waals surface area contributed by atoms with Crippen molar-refractivity contribution in [3.63, 3.8) is 0 Å². The van der Waals surface area contributed by atoms with Crippen LogP contribution in [0.3, 0.4) is 0 Å². The molecule has 1 aromatic rings. The average molecular weight is 309 g/mol. The molecule has 1 aliphatic rings. The van der Waals surface area contributed by atoms with E-state index in [2.05, 4.69) is 17.1 Å². The van der Waals surface area contributed by atoms with Gasteiger partial charge in [-0.05, 0) is 31.7 Å². The summed E-state index contributed by atoms with van der Waals surface area (Å²) in [6.07, 6.45) is 5.51. The van der Waals surface area contributed by atoms with E-state index in [1.165, 1.54) is 6.42 Å². The fourth-order valence-electron chi connectivity index (χ4n) is 2.54. The largest absolute Gasteiger partial charge is 0.376 e. The lowest BCUT2D eigenvalue weighted by atomic mass is 10.1. The minimum atomic E-state index is -0.0255. The number of ether oxygens (including phenoxy) is 2. The van der Waals surface area contributed by atoms with E-state index in [1.807, 2.05) is 6.07 Å². The summed E-state index contributed by atoms with van der Waals surface area (Å²) in [6, 6.07) is 2.02. The normalized spacial score (nSPS) is 18.4. The molecule has 0 bridgehead atoms. The van der Waals surface area contributed by atoms with Gasteiger partial charge in [0.05, 0.1) is 30.6 Å². The molecule has 0 aromatic carbocycles. The molecule has 6 heteroatoms. The van der Waals surface area contributed by atoms with Gasteiger partial charge in [0.1, 0.15) is 6.61 Å². The number of H-pyrrole nitrogens is 1. The molecule has 2 rings (SSSR count). The molecule has 1 aromatic heterocycles. The van der Waals surface area contributed by atoms with Gasteiger partial charge in [-0.1, -0.05) is 13.3 Å². The van der Waals surface area contributed by atoms with Gasteiger partial charge in [-0.15, -0.1) is 0 Å². The van der Waals surface area contributed by atoms with Gasteiger partial charge in [0, 0.05) is 13.7 Å². The monoisotopic (exact) mass is 309 g/mol. The number of hydrogen-bond donors (Lipinski definition) is 1. The van der Waals surface area contributed by atoms with Crippen LogP contribution in [0.1, 0.15) is 44.0 Å². The first kappa shape index (κ1) is 17.0. The van der Waals surface area contributed by atoms with Crippen LogP contribution in [-0.4, -0.2) is 54.0 Å². The van der Waals surface area contributed by atoms with Gasteiger partial charge in [-0.3, -0.25) is 9.89 Å². The summed E-state index contributed by atoms with van der Waals surface area (Å²) in [5, 5.41) is 7.21. The highest BCUT2D eigenvalue weighted by molar-refractivity contribution is 5.77. The number of aryl methyl sites for hydroxylation is 1. The van der Waals surface area contributed by atoms with Crippen LogP contribution in [0.4, 0.5) is 0 Å². The number of aromatic amines is 1. The van der Waals surface area contributed by atoms with Crippen molar-refractivity contribution in [2.24, 2.45) is 0 Å². The number of carbonyl (C=O) groups excluding carboxylic acids is 1. The van der Waals surface area contributed by atoms with E-state index >= 15 is 0 Å². The molecular weight excluding hydrogens is 282 g/mol. The molecule has 0 saturated carbocycles. The van der Waals surface area contributed by atoms with Gasteiger partial charge >= 0.3 is 0 Å². The van der Waals surface area contributed by atoms with Gasteiger partial charge in [0.15, 0.2) is 0 Å².